The Bertz CT molecular complexity index is 1410. The number of pyridine rings is 1. The molecule has 31 heavy (non-hydrogen) atoms. The Hall–Kier alpha value is -4.29. The van der Waals surface area contributed by atoms with E-state index in [1.54, 1.807) is 6.07 Å². The number of amides is 1. The summed E-state index contributed by atoms with van der Waals surface area (Å²) in [6.45, 7) is 1.91. The fourth-order valence-electron chi connectivity index (χ4n) is 3.19. The Balaban J connectivity index is 1.80. The molecule has 9 nitrogen and oxygen atoms in total. The Morgan fingerprint density at radius 2 is 2.03 bits per heavy atom. The van der Waals surface area contributed by atoms with E-state index in [-0.39, 0.29) is 22.0 Å². The Labute approximate surface area is 180 Å². The molecule has 0 aliphatic rings. The molecule has 152 valence electrons. The summed E-state index contributed by atoms with van der Waals surface area (Å²) < 4.78 is 1.32. The smallest absolute Gasteiger partial charge is 0.283 e. The average molecular weight is 433 g/mol. The number of nitro groups is 1. The van der Waals surface area contributed by atoms with Crippen LogP contribution < -0.4 is 5.32 Å². The first kappa shape index (κ1) is 20.0. The highest BCUT2D eigenvalue weighted by Gasteiger charge is 2.24. The van der Waals surface area contributed by atoms with Gasteiger partial charge in [0.05, 0.1) is 16.6 Å². The summed E-state index contributed by atoms with van der Waals surface area (Å²) in [6, 6.07) is 15.0. The van der Waals surface area contributed by atoms with E-state index in [0.717, 1.165) is 22.5 Å². The van der Waals surface area contributed by atoms with E-state index in [1.807, 2.05) is 37.3 Å². The molecule has 0 saturated heterocycles. The molecule has 0 radical (unpaired) electrons. The highest BCUT2D eigenvalue weighted by atomic mass is 35.5. The van der Waals surface area contributed by atoms with Gasteiger partial charge in [-0.05, 0) is 36.8 Å². The van der Waals surface area contributed by atoms with E-state index in [4.69, 9.17) is 11.6 Å². The van der Waals surface area contributed by atoms with Gasteiger partial charge in [-0.1, -0.05) is 29.8 Å². The number of anilines is 1. The first-order valence-corrected chi connectivity index (χ1v) is 9.37. The van der Waals surface area contributed by atoms with Crippen molar-refractivity contribution in [2.24, 2.45) is 0 Å². The molecule has 0 fully saturated rings. The Morgan fingerprint density at radius 1 is 1.26 bits per heavy atom. The first-order chi connectivity index (χ1) is 14.9. The fourth-order valence-corrected chi connectivity index (χ4v) is 3.35. The average Bonchev–Trinajstić information content (AvgIpc) is 3.16. The van der Waals surface area contributed by atoms with Crippen LogP contribution in [0.25, 0.3) is 16.7 Å². The first-order valence-electron chi connectivity index (χ1n) is 8.99. The minimum atomic E-state index is -0.779. The largest absolute Gasteiger partial charge is 0.305 e. The van der Waals surface area contributed by atoms with Crippen LogP contribution in [0.5, 0.6) is 0 Å². The van der Waals surface area contributed by atoms with E-state index in [2.05, 4.69) is 15.4 Å². The van der Waals surface area contributed by atoms with Crippen LogP contribution in [0.1, 0.15) is 21.5 Å². The van der Waals surface area contributed by atoms with E-state index >= 15 is 0 Å². The summed E-state index contributed by atoms with van der Waals surface area (Å²) in [5, 5.41) is 28.6. The van der Waals surface area contributed by atoms with Crippen LogP contribution in [0.2, 0.25) is 5.02 Å². The maximum atomic E-state index is 12.9. The number of benzene rings is 2. The van der Waals surface area contributed by atoms with Crippen LogP contribution in [0.4, 0.5) is 11.5 Å². The maximum Gasteiger partial charge on any atom is 0.283 e. The number of para-hydroxylation sites is 1. The summed E-state index contributed by atoms with van der Waals surface area (Å²) in [5.74, 6) is -0.336. The van der Waals surface area contributed by atoms with Crippen molar-refractivity contribution in [2.45, 2.75) is 6.92 Å². The van der Waals surface area contributed by atoms with Crippen LogP contribution in [0, 0.1) is 28.4 Å². The second-order valence-electron chi connectivity index (χ2n) is 6.62. The third kappa shape index (κ3) is 3.68. The van der Waals surface area contributed by atoms with Crippen molar-refractivity contribution < 1.29 is 9.72 Å². The standard InChI is InChI=1S/C21H13ClN6O3/c1-12-8-19(25-17-5-3-2-4-15(12)17)27-20(13(10-23)11-24-27)26-21(29)16-7-6-14(22)9-18(16)28(30)31/h2-9,11H,1H3,(H,26,29). The molecule has 4 rings (SSSR count). The number of carbonyl (C=O) groups is 1. The number of fused-ring (bicyclic) bond motifs is 1. The van der Waals surface area contributed by atoms with Crippen LogP contribution in [-0.2, 0) is 0 Å². The van der Waals surface area contributed by atoms with Gasteiger partial charge in [0.25, 0.3) is 11.6 Å². The van der Waals surface area contributed by atoms with Crippen molar-refractivity contribution in [2.75, 3.05) is 5.32 Å². The zero-order valence-corrected chi connectivity index (χ0v) is 16.8. The van der Waals surface area contributed by atoms with Crippen molar-refractivity contribution >= 4 is 39.9 Å². The SMILES string of the molecule is Cc1cc(-n2ncc(C#N)c2NC(=O)c2ccc(Cl)cc2[N+](=O)[O-])nc2ccccc12. The van der Waals surface area contributed by atoms with Gasteiger partial charge in [-0.15, -0.1) is 0 Å². The molecule has 2 heterocycles. The minimum absolute atomic E-state index is 0.0546. The maximum absolute atomic E-state index is 12.9. The van der Waals surface area contributed by atoms with Gasteiger partial charge in [-0.2, -0.15) is 15.0 Å². The summed E-state index contributed by atoms with van der Waals surface area (Å²) in [5.41, 5.74) is 1.08. The number of rotatable bonds is 4. The number of aromatic nitrogens is 3. The van der Waals surface area contributed by atoms with Gasteiger partial charge >= 0.3 is 0 Å². The molecular weight excluding hydrogens is 420 g/mol. The topological polar surface area (TPSA) is 127 Å². The second-order valence-corrected chi connectivity index (χ2v) is 7.05. The lowest BCUT2D eigenvalue weighted by molar-refractivity contribution is -0.385. The lowest BCUT2D eigenvalue weighted by atomic mass is 10.1. The van der Waals surface area contributed by atoms with E-state index in [0.29, 0.717) is 5.82 Å². The molecule has 2 aromatic carbocycles. The highest BCUT2D eigenvalue weighted by Crippen LogP contribution is 2.27. The summed E-state index contributed by atoms with van der Waals surface area (Å²) in [6.07, 6.45) is 1.29. The number of halogens is 1. The van der Waals surface area contributed by atoms with Crippen molar-refractivity contribution in [1.82, 2.24) is 14.8 Å². The molecule has 4 aromatic rings. The molecule has 0 spiro atoms. The lowest BCUT2D eigenvalue weighted by Crippen LogP contribution is -2.18. The van der Waals surface area contributed by atoms with Gasteiger partial charge in [0, 0.05) is 16.5 Å². The molecule has 0 unspecified atom stereocenters. The molecule has 0 bridgehead atoms. The van der Waals surface area contributed by atoms with Gasteiger partial charge in [0.2, 0.25) is 0 Å². The third-order valence-corrected chi connectivity index (χ3v) is 4.88. The molecule has 10 heteroatoms. The number of hydrogen-bond acceptors (Lipinski definition) is 6. The summed E-state index contributed by atoms with van der Waals surface area (Å²) in [4.78, 5) is 28.1. The number of nitrogens with zero attached hydrogens (tertiary/aromatic N) is 5. The minimum Gasteiger partial charge on any atom is -0.305 e. The summed E-state index contributed by atoms with van der Waals surface area (Å²) >= 11 is 5.82. The number of hydrogen-bond donors (Lipinski definition) is 1. The molecule has 1 N–H and O–H groups in total. The van der Waals surface area contributed by atoms with Crippen LogP contribution in [-0.4, -0.2) is 25.6 Å². The summed E-state index contributed by atoms with van der Waals surface area (Å²) in [7, 11) is 0. The van der Waals surface area contributed by atoms with Gasteiger partial charge in [-0.25, -0.2) is 4.98 Å². The predicted octanol–water partition coefficient (Wildman–Crippen LogP) is 4.41. The van der Waals surface area contributed by atoms with Gasteiger partial charge in [0.1, 0.15) is 17.2 Å². The molecule has 0 aliphatic carbocycles. The van der Waals surface area contributed by atoms with Crippen molar-refractivity contribution in [1.29, 1.82) is 5.26 Å². The van der Waals surface area contributed by atoms with Crippen molar-refractivity contribution in [3.05, 3.63) is 86.6 Å². The number of aryl methyl sites for hydroxylation is 1. The molecular formula is C21H13ClN6O3. The van der Waals surface area contributed by atoms with E-state index in [9.17, 15) is 20.2 Å². The highest BCUT2D eigenvalue weighted by molar-refractivity contribution is 6.31. The van der Waals surface area contributed by atoms with Gasteiger partial charge < -0.3 is 5.32 Å². The molecule has 0 saturated carbocycles. The third-order valence-electron chi connectivity index (χ3n) is 4.65. The van der Waals surface area contributed by atoms with Crippen LogP contribution in [0.15, 0.2) is 54.7 Å². The quantitative estimate of drug-likeness (QED) is 0.375. The number of nitriles is 1. The van der Waals surface area contributed by atoms with Crippen LogP contribution >= 0.6 is 11.6 Å². The molecule has 0 atom stereocenters. The Morgan fingerprint density at radius 3 is 2.77 bits per heavy atom. The lowest BCUT2D eigenvalue weighted by Gasteiger charge is -2.11. The Kier molecular flexibility index (Phi) is 5.07. The van der Waals surface area contributed by atoms with Gasteiger partial charge in [-0.3, -0.25) is 14.9 Å². The molecule has 1 amide bonds. The predicted molar refractivity (Wildman–Crippen MR) is 114 cm³/mol. The van der Waals surface area contributed by atoms with Crippen LogP contribution in [0.3, 0.4) is 0 Å². The van der Waals surface area contributed by atoms with E-state index < -0.39 is 16.5 Å². The zero-order valence-electron chi connectivity index (χ0n) is 16.0. The molecule has 2 aromatic heterocycles. The normalized spacial score (nSPS) is 10.6. The zero-order chi connectivity index (χ0) is 22.1. The monoisotopic (exact) mass is 432 g/mol. The molecule has 0 aliphatic heterocycles. The number of nitrogens with one attached hydrogen (secondary N) is 1. The van der Waals surface area contributed by atoms with Crippen molar-refractivity contribution in [3.63, 3.8) is 0 Å². The number of nitro benzene ring substituents is 1. The number of carbonyl (C=O) groups excluding carboxylic acids is 1. The van der Waals surface area contributed by atoms with E-state index in [1.165, 1.54) is 23.0 Å². The van der Waals surface area contributed by atoms with Crippen molar-refractivity contribution in [3.8, 4) is 11.9 Å². The fraction of sp³-hybridized carbons (Fsp3) is 0.0476. The van der Waals surface area contributed by atoms with Gasteiger partial charge in [0.15, 0.2) is 11.6 Å². The second kappa shape index (κ2) is 7.85.